The van der Waals surface area contributed by atoms with Crippen molar-refractivity contribution < 1.29 is 24.2 Å². The third-order valence-corrected chi connectivity index (χ3v) is 3.72. The highest BCUT2D eigenvalue weighted by Gasteiger charge is 2.44. The molecule has 1 aliphatic heterocycles. The van der Waals surface area contributed by atoms with Crippen molar-refractivity contribution in [2.75, 3.05) is 25.1 Å². The van der Waals surface area contributed by atoms with Crippen LogP contribution in [0.25, 0.3) is 0 Å². The smallest absolute Gasteiger partial charge is 0.341 e. The van der Waals surface area contributed by atoms with Gasteiger partial charge >= 0.3 is 5.97 Å². The lowest BCUT2D eigenvalue weighted by Gasteiger charge is -2.39. The zero-order chi connectivity index (χ0) is 15.5. The fraction of sp³-hybridized carbons (Fsp3) is 0.467. The summed E-state index contributed by atoms with van der Waals surface area (Å²) in [6, 6.07) is 5.06. The molecular formula is C15H19NO5. The van der Waals surface area contributed by atoms with Crippen molar-refractivity contribution in [2.45, 2.75) is 20.3 Å². The molecule has 1 aromatic carbocycles. The van der Waals surface area contributed by atoms with Crippen molar-refractivity contribution in [3.05, 3.63) is 23.8 Å². The second-order valence-corrected chi connectivity index (χ2v) is 5.24. The number of nitrogens with one attached hydrogen (secondary N) is 1. The average Bonchev–Trinajstić information content (AvgIpc) is 2.38. The second-order valence-electron chi connectivity index (χ2n) is 5.24. The highest BCUT2D eigenvalue weighted by atomic mass is 16.5. The monoisotopic (exact) mass is 293 g/mol. The van der Waals surface area contributed by atoms with E-state index in [4.69, 9.17) is 14.6 Å². The van der Waals surface area contributed by atoms with E-state index in [1.54, 1.807) is 18.2 Å². The van der Waals surface area contributed by atoms with Gasteiger partial charge in [0.15, 0.2) is 6.61 Å². The molecule has 6 heteroatoms. The van der Waals surface area contributed by atoms with Gasteiger partial charge in [-0.1, -0.05) is 6.92 Å². The molecule has 2 rings (SSSR count). The minimum absolute atomic E-state index is 0.0430. The number of carboxylic acids is 1. The third kappa shape index (κ3) is 3.33. The normalized spacial score (nSPS) is 15.9. The molecule has 0 aromatic heterocycles. The molecule has 0 bridgehead atoms. The van der Waals surface area contributed by atoms with Crippen LogP contribution in [0.5, 0.6) is 5.75 Å². The van der Waals surface area contributed by atoms with Gasteiger partial charge < -0.3 is 19.9 Å². The highest BCUT2D eigenvalue weighted by molar-refractivity contribution is 5.96. The Kier molecular flexibility index (Phi) is 4.47. The van der Waals surface area contributed by atoms with Gasteiger partial charge in [0.05, 0.1) is 18.6 Å². The second kappa shape index (κ2) is 6.13. The Hall–Kier alpha value is -2.08. The molecule has 1 fully saturated rings. The number of ether oxygens (including phenoxy) is 2. The Morgan fingerprint density at radius 3 is 2.62 bits per heavy atom. The summed E-state index contributed by atoms with van der Waals surface area (Å²) < 4.78 is 10.3. The maximum Gasteiger partial charge on any atom is 0.341 e. The summed E-state index contributed by atoms with van der Waals surface area (Å²) >= 11 is 0. The van der Waals surface area contributed by atoms with Crippen molar-refractivity contribution in [3.63, 3.8) is 0 Å². The lowest BCUT2D eigenvalue weighted by atomic mass is 9.82. The summed E-state index contributed by atoms with van der Waals surface area (Å²) in [5, 5.41) is 11.5. The van der Waals surface area contributed by atoms with Gasteiger partial charge in [0.25, 0.3) is 0 Å². The van der Waals surface area contributed by atoms with Crippen LogP contribution in [0.3, 0.4) is 0 Å². The molecule has 0 atom stereocenters. The number of rotatable bonds is 6. The zero-order valence-electron chi connectivity index (χ0n) is 12.1. The predicted molar refractivity (Wildman–Crippen MR) is 76.5 cm³/mol. The number of carbonyl (C=O) groups is 2. The lowest BCUT2D eigenvalue weighted by molar-refractivity contribution is -0.156. The predicted octanol–water partition coefficient (Wildman–Crippen LogP) is 1.82. The largest absolute Gasteiger partial charge is 0.482 e. The molecule has 2 N–H and O–H groups in total. The summed E-state index contributed by atoms with van der Waals surface area (Å²) in [5.74, 6) is -0.608. The van der Waals surface area contributed by atoms with Crippen LogP contribution in [0.15, 0.2) is 18.2 Å². The van der Waals surface area contributed by atoms with E-state index in [1.165, 1.54) is 0 Å². The summed E-state index contributed by atoms with van der Waals surface area (Å²) in [7, 11) is 0. The first-order valence-corrected chi connectivity index (χ1v) is 6.81. The SMILES string of the molecule is CCC1(C(=O)Nc2ccc(OCC(=O)O)cc2C)COC1. The molecule has 1 heterocycles. The lowest BCUT2D eigenvalue weighted by Crippen LogP contribution is -2.51. The number of anilines is 1. The van der Waals surface area contributed by atoms with E-state index in [0.717, 1.165) is 12.0 Å². The van der Waals surface area contributed by atoms with E-state index >= 15 is 0 Å². The Labute approximate surface area is 123 Å². The van der Waals surface area contributed by atoms with Crippen molar-refractivity contribution in [1.29, 1.82) is 0 Å². The zero-order valence-corrected chi connectivity index (χ0v) is 12.1. The summed E-state index contributed by atoms with van der Waals surface area (Å²) in [4.78, 5) is 22.8. The molecule has 0 spiro atoms. The van der Waals surface area contributed by atoms with Crippen molar-refractivity contribution in [2.24, 2.45) is 5.41 Å². The summed E-state index contributed by atoms with van der Waals surface area (Å²) in [5.41, 5.74) is 1.09. The average molecular weight is 293 g/mol. The molecule has 0 radical (unpaired) electrons. The Balaban J connectivity index is 2.04. The molecule has 1 aliphatic rings. The molecular weight excluding hydrogens is 274 g/mol. The molecule has 21 heavy (non-hydrogen) atoms. The van der Waals surface area contributed by atoms with Crippen molar-refractivity contribution in [1.82, 2.24) is 0 Å². The highest BCUT2D eigenvalue weighted by Crippen LogP contribution is 2.33. The Bertz CT molecular complexity index is 545. The van der Waals surface area contributed by atoms with Crippen LogP contribution in [0.1, 0.15) is 18.9 Å². The minimum atomic E-state index is -1.03. The van der Waals surface area contributed by atoms with Crippen LogP contribution in [0, 0.1) is 12.3 Å². The Morgan fingerprint density at radius 1 is 1.43 bits per heavy atom. The van der Waals surface area contributed by atoms with E-state index in [1.807, 2.05) is 13.8 Å². The van der Waals surface area contributed by atoms with Gasteiger partial charge in [-0.2, -0.15) is 0 Å². The third-order valence-electron chi connectivity index (χ3n) is 3.72. The van der Waals surface area contributed by atoms with Crippen LogP contribution < -0.4 is 10.1 Å². The van der Waals surface area contributed by atoms with Crippen LogP contribution in [-0.2, 0) is 14.3 Å². The van der Waals surface area contributed by atoms with E-state index in [0.29, 0.717) is 24.7 Å². The van der Waals surface area contributed by atoms with Gasteiger partial charge in [0.2, 0.25) is 5.91 Å². The van der Waals surface area contributed by atoms with E-state index in [-0.39, 0.29) is 12.5 Å². The van der Waals surface area contributed by atoms with Crippen LogP contribution >= 0.6 is 0 Å². The maximum atomic E-state index is 12.3. The maximum absolute atomic E-state index is 12.3. The standard InChI is InChI=1S/C15H19NO5/c1-3-15(8-20-9-15)14(19)16-12-5-4-11(6-10(12)2)21-7-13(17)18/h4-6H,3,7-9H2,1-2H3,(H,16,19)(H,17,18). The van der Waals surface area contributed by atoms with Gasteiger partial charge in [0.1, 0.15) is 5.75 Å². The molecule has 0 saturated carbocycles. The van der Waals surface area contributed by atoms with Crippen molar-refractivity contribution in [3.8, 4) is 5.75 Å². The number of aliphatic carboxylic acids is 1. The van der Waals surface area contributed by atoms with Crippen LogP contribution in [0.2, 0.25) is 0 Å². The number of amides is 1. The van der Waals surface area contributed by atoms with E-state index < -0.39 is 11.4 Å². The van der Waals surface area contributed by atoms with Gasteiger partial charge in [-0.25, -0.2) is 4.79 Å². The summed E-state index contributed by atoms with van der Waals surface area (Å²) in [6.45, 7) is 4.32. The number of hydrogen-bond donors (Lipinski definition) is 2. The fourth-order valence-electron chi connectivity index (χ4n) is 2.11. The van der Waals surface area contributed by atoms with Gasteiger partial charge in [-0.3, -0.25) is 4.79 Å². The number of carboxylic acid groups (broad SMARTS) is 1. The number of aryl methyl sites for hydroxylation is 1. The van der Waals surface area contributed by atoms with Crippen LogP contribution in [0.4, 0.5) is 5.69 Å². The van der Waals surface area contributed by atoms with Crippen LogP contribution in [-0.4, -0.2) is 36.8 Å². The molecule has 0 unspecified atom stereocenters. The Morgan fingerprint density at radius 2 is 2.14 bits per heavy atom. The first-order valence-electron chi connectivity index (χ1n) is 6.81. The van der Waals surface area contributed by atoms with Gasteiger partial charge in [-0.05, 0) is 37.1 Å². The number of hydrogen-bond acceptors (Lipinski definition) is 4. The first kappa shape index (κ1) is 15.3. The first-order chi connectivity index (χ1) is 9.97. The summed E-state index contributed by atoms with van der Waals surface area (Å²) in [6.07, 6.45) is 0.734. The van der Waals surface area contributed by atoms with Gasteiger partial charge in [0, 0.05) is 5.69 Å². The number of benzene rings is 1. The molecule has 1 amide bonds. The quantitative estimate of drug-likeness (QED) is 0.835. The van der Waals surface area contributed by atoms with Gasteiger partial charge in [-0.15, -0.1) is 0 Å². The van der Waals surface area contributed by atoms with Crippen molar-refractivity contribution >= 4 is 17.6 Å². The molecule has 6 nitrogen and oxygen atoms in total. The topological polar surface area (TPSA) is 84.9 Å². The number of carbonyl (C=O) groups excluding carboxylic acids is 1. The molecule has 1 saturated heterocycles. The van der Waals surface area contributed by atoms with E-state index in [2.05, 4.69) is 5.32 Å². The fourth-order valence-corrected chi connectivity index (χ4v) is 2.11. The molecule has 114 valence electrons. The molecule has 0 aliphatic carbocycles. The van der Waals surface area contributed by atoms with E-state index in [9.17, 15) is 9.59 Å². The minimum Gasteiger partial charge on any atom is -0.482 e. The molecule has 1 aromatic rings.